The molecule has 1 aliphatic rings. The van der Waals surface area contributed by atoms with Crippen LogP contribution in [-0.4, -0.2) is 39.6 Å². The van der Waals surface area contributed by atoms with Crippen LogP contribution in [0.2, 0.25) is 0 Å². The normalized spacial score (nSPS) is 16.8. The number of rotatable bonds is 4. The van der Waals surface area contributed by atoms with Crippen LogP contribution in [0.25, 0.3) is 10.9 Å². The maximum Gasteiger partial charge on any atom is 0.417 e. The molecule has 3 heterocycles. The minimum Gasteiger partial charge on any atom is -0.354 e. The number of nitrogens with one attached hydrogen (secondary N) is 1. The van der Waals surface area contributed by atoms with E-state index in [2.05, 4.69) is 15.3 Å². The smallest absolute Gasteiger partial charge is 0.354 e. The highest BCUT2D eigenvalue weighted by atomic mass is 19.4. The van der Waals surface area contributed by atoms with Crippen LogP contribution in [0.4, 0.5) is 19.0 Å². The third kappa shape index (κ3) is 4.12. The van der Waals surface area contributed by atoms with Gasteiger partial charge >= 0.3 is 6.18 Å². The predicted molar refractivity (Wildman–Crippen MR) is 104 cm³/mol. The molecular formula is C20H18F3N5O2. The van der Waals surface area contributed by atoms with Crippen molar-refractivity contribution in [1.29, 1.82) is 0 Å². The van der Waals surface area contributed by atoms with Crippen molar-refractivity contribution in [2.24, 2.45) is 0 Å². The summed E-state index contributed by atoms with van der Waals surface area (Å²) in [6.45, 7) is 0.821. The van der Waals surface area contributed by atoms with Gasteiger partial charge in [-0.25, -0.2) is 9.97 Å². The second kappa shape index (κ2) is 7.77. The molecule has 3 aromatic rings. The number of nitrogens with zero attached hydrogens (tertiary/aromatic N) is 4. The quantitative estimate of drug-likeness (QED) is 0.704. The number of hydrogen-bond donors (Lipinski definition) is 1. The van der Waals surface area contributed by atoms with E-state index in [-0.39, 0.29) is 24.1 Å². The summed E-state index contributed by atoms with van der Waals surface area (Å²) in [5, 5.41) is 3.30. The largest absolute Gasteiger partial charge is 0.417 e. The Labute approximate surface area is 169 Å². The fourth-order valence-electron chi connectivity index (χ4n) is 3.47. The Bertz CT molecular complexity index is 1130. The Morgan fingerprint density at radius 2 is 1.97 bits per heavy atom. The molecule has 1 amide bonds. The van der Waals surface area contributed by atoms with E-state index in [4.69, 9.17) is 0 Å². The fraction of sp³-hybridized carbons (Fsp3) is 0.300. The third-order valence-electron chi connectivity index (χ3n) is 5.00. The molecule has 0 saturated carbocycles. The Hall–Kier alpha value is -3.43. The zero-order valence-corrected chi connectivity index (χ0v) is 15.8. The van der Waals surface area contributed by atoms with Crippen LogP contribution in [0.5, 0.6) is 0 Å². The number of alkyl halides is 3. The first-order chi connectivity index (χ1) is 14.3. The van der Waals surface area contributed by atoms with Gasteiger partial charge in [0, 0.05) is 25.3 Å². The summed E-state index contributed by atoms with van der Waals surface area (Å²) < 4.78 is 39.3. The number of carbonyl (C=O) groups is 1. The first-order valence-electron chi connectivity index (χ1n) is 9.33. The number of halogens is 3. The summed E-state index contributed by atoms with van der Waals surface area (Å²) >= 11 is 0. The van der Waals surface area contributed by atoms with Gasteiger partial charge in [-0.15, -0.1) is 0 Å². The lowest BCUT2D eigenvalue weighted by atomic mass is 10.2. The number of hydrogen-bond acceptors (Lipinski definition) is 5. The Morgan fingerprint density at radius 3 is 2.70 bits per heavy atom. The molecule has 1 fully saturated rings. The second-order valence-electron chi connectivity index (χ2n) is 7.10. The van der Waals surface area contributed by atoms with Gasteiger partial charge in [0.25, 0.3) is 5.56 Å². The van der Waals surface area contributed by atoms with Crippen molar-refractivity contribution in [1.82, 2.24) is 19.9 Å². The topological polar surface area (TPSA) is 80.1 Å². The maximum absolute atomic E-state index is 12.7. The number of pyridine rings is 1. The number of benzene rings is 1. The Morgan fingerprint density at radius 1 is 1.17 bits per heavy atom. The van der Waals surface area contributed by atoms with Gasteiger partial charge in [0.1, 0.15) is 12.4 Å². The summed E-state index contributed by atoms with van der Waals surface area (Å²) in [5.41, 5.74) is -0.530. The lowest BCUT2D eigenvalue weighted by Gasteiger charge is -2.18. The van der Waals surface area contributed by atoms with E-state index < -0.39 is 11.7 Å². The van der Waals surface area contributed by atoms with E-state index in [1.165, 1.54) is 17.0 Å². The molecular weight excluding hydrogens is 399 g/mol. The van der Waals surface area contributed by atoms with Crippen molar-refractivity contribution in [3.63, 3.8) is 0 Å². The van der Waals surface area contributed by atoms with Gasteiger partial charge < -0.3 is 10.2 Å². The monoisotopic (exact) mass is 417 g/mol. The average molecular weight is 417 g/mol. The van der Waals surface area contributed by atoms with Gasteiger partial charge in [-0.05, 0) is 30.7 Å². The van der Waals surface area contributed by atoms with Crippen molar-refractivity contribution in [3.05, 3.63) is 64.8 Å². The minimum absolute atomic E-state index is 0.161. The molecule has 1 atom stereocenters. The van der Waals surface area contributed by atoms with Crippen LogP contribution in [0.1, 0.15) is 12.0 Å². The SMILES string of the molecule is O=C(Cn1cnc2ccccc2c1=O)N[C@H]1CCN(c2ccc(C(F)(F)F)cn2)C1. The highest BCUT2D eigenvalue weighted by Gasteiger charge is 2.31. The average Bonchev–Trinajstić information content (AvgIpc) is 3.18. The lowest BCUT2D eigenvalue weighted by molar-refractivity contribution is -0.137. The number of aromatic nitrogens is 3. The van der Waals surface area contributed by atoms with Gasteiger partial charge in [-0.2, -0.15) is 13.2 Å². The standard InChI is InChI=1S/C20H18F3N5O2/c21-20(22,23)13-5-6-17(24-9-13)27-8-7-14(10-27)26-18(29)11-28-12-25-16-4-2-1-3-15(16)19(28)30/h1-6,9,12,14H,7-8,10-11H2,(H,26,29)/t14-/m0/s1. The first-order valence-corrected chi connectivity index (χ1v) is 9.33. The summed E-state index contributed by atoms with van der Waals surface area (Å²) in [6.07, 6.45) is -1.65. The summed E-state index contributed by atoms with van der Waals surface area (Å²) in [6, 6.07) is 9.03. The number of fused-ring (bicyclic) bond motifs is 1. The predicted octanol–water partition coefficient (Wildman–Crippen LogP) is 2.21. The lowest BCUT2D eigenvalue weighted by Crippen LogP contribution is -2.40. The second-order valence-corrected chi connectivity index (χ2v) is 7.10. The van der Waals surface area contributed by atoms with E-state index in [1.807, 2.05) is 4.90 Å². The Kier molecular flexibility index (Phi) is 5.15. The first kappa shape index (κ1) is 19.9. The van der Waals surface area contributed by atoms with Crippen molar-refractivity contribution >= 4 is 22.6 Å². The molecule has 0 aliphatic carbocycles. The molecule has 30 heavy (non-hydrogen) atoms. The van der Waals surface area contributed by atoms with Crippen molar-refractivity contribution in [3.8, 4) is 0 Å². The van der Waals surface area contributed by atoms with Crippen LogP contribution < -0.4 is 15.8 Å². The number of carbonyl (C=O) groups excluding carboxylic acids is 1. The van der Waals surface area contributed by atoms with E-state index in [9.17, 15) is 22.8 Å². The zero-order valence-electron chi connectivity index (χ0n) is 15.8. The van der Waals surface area contributed by atoms with Crippen molar-refractivity contribution in [2.75, 3.05) is 18.0 Å². The molecule has 156 valence electrons. The number of anilines is 1. The van der Waals surface area contributed by atoms with Gasteiger partial charge in [0.05, 0.1) is 22.8 Å². The van der Waals surface area contributed by atoms with Crippen molar-refractivity contribution in [2.45, 2.75) is 25.2 Å². The molecule has 1 aliphatic heterocycles. The minimum atomic E-state index is -4.43. The summed E-state index contributed by atoms with van der Waals surface area (Å²) in [4.78, 5) is 34.8. The molecule has 2 aromatic heterocycles. The van der Waals surface area contributed by atoms with Gasteiger partial charge in [-0.1, -0.05) is 12.1 Å². The number of amides is 1. The summed E-state index contributed by atoms with van der Waals surface area (Å²) in [7, 11) is 0. The van der Waals surface area contributed by atoms with Crippen LogP contribution in [-0.2, 0) is 17.5 Å². The highest BCUT2D eigenvalue weighted by Crippen LogP contribution is 2.29. The molecule has 0 spiro atoms. The molecule has 7 nitrogen and oxygen atoms in total. The molecule has 0 radical (unpaired) electrons. The molecule has 0 unspecified atom stereocenters. The van der Waals surface area contributed by atoms with Gasteiger partial charge in [0.2, 0.25) is 5.91 Å². The van der Waals surface area contributed by atoms with Crippen LogP contribution in [0, 0.1) is 0 Å². The summed E-state index contributed by atoms with van der Waals surface area (Å²) in [5.74, 6) is 0.0936. The van der Waals surface area contributed by atoms with E-state index in [0.29, 0.717) is 36.2 Å². The van der Waals surface area contributed by atoms with E-state index in [1.54, 1.807) is 24.3 Å². The molecule has 10 heteroatoms. The van der Waals surface area contributed by atoms with Gasteiger partial charge in [0.15, 0.2) is 0 Å². The van der Waals surface area contributed by atoms with Crippen LogP contribution in [0.15, 0.2) is 53.7 Å². The molecule has 4 rings (SSSR count). The van der Waals surface area contributed by atoms with Crippen LogP contribution >= 0.6 is 0 Å². The molecule has 1 saturated heterocycles. The Balaban J connectivity index is 1.37. The highest BCUT2D eigenvalue weighted by molar-refractivity contribution is 5.79. The number of para-hydroxylation sites is 1. The van der Waals surface area contributed by atoms with E-state index >= 15 is 0 Å². The third-order valence-corrected chi connectivity index (χ3v) is 5.00. The molecule has 1 aromatic carbocycles. The van der Waals surface area contributed by atoms with E-state index in [0.717, 1.165) is 12.3 Å². The molecule has 0 bridgehead atoms. The zero-order chi connectivity index (χ0) is 21.3. The van der Waals surface area contributed by atoms with Crippen LogP contribution in [0.3, 0.4) is 0 Å². The van der Waals surface area contributed by atoms with Crippen molar-refractivity contribution < 1.29 is 18.0 Å². The molecule has 1 N–H and O–H groups in total. The van der Waals surface area contributed by atoms with Gasteiger partial charge in [-0.3, -0.25) is 14.2 Å². The fourth-order valence-corrected chi connectivity index (χ4v) is 3.47. The maximum atomic E-state index is 12.7.